The van der Waals surface area contributed by atoms with Crippen molar-refractivity contribution in [2.75, 3.05) is 13.2 Å². The minimum atomic E-state index is -1.53. The van der Waals surface area contributed by atoms with Crippen LogP contribution in [0.2, 0.25) is 0 Å². The number of nitrogens with zero attached hydrogens (tertiary/aromatic N) is 3. The van der Waals surface area contributed by atoms with Crippen LogP contribution in [0, 0.1) is 18.3 Å². The lowest BCUT2D eigenvalue weighted by Gasteiger charge is -2.37. The summed E-state index contributed by atoms with van der Waals surface area (Å²) < 4.78 is 35.9. The summed E-state index contributed by atoms with van der Waals surface area (Å²) in [6.07, 6.45) is 1.87. The number of rotatable bonds is 11. The lowest BCUT2D eigenvalue weighted by molar-refractivity contribution is -0.0440. The van der Waals surface area contributed by atoms with Crippen LogP contribution in [-0.4, -0.2) is 58.3 Å². The van der Waals surface area contributed by atoms with Gasteiger partial charge in [0.2, 0.25) is 1.43 Å². The number of aliphatic hydroxyl groups excluding tert-OH is 1. The molecule has 1 aromatic heterocycles. The second kappa shape index (κ2) is 13.3. The molecule has 39 heavy (non-hydrogen) atoms. The van der Waals surface area contributed by atoms with Gasteiger partial charge in [-0.15, -0.1) is 0 Å². The molecule has 0 radical (unpaired) electrons. The summed E-state index contributed by atoms with van der Waals surface area (Å²) in [6, 6.07) is 8.33. The largest absolute Gasteiger partial charge is 0.394 e. The van der Waals surface area contributed by atoms with E-state index in [0.29, 0.717) is 24.2 Å². The maximum absolute atomic E-state index is 12.5. The van der Waals surface area contributed by atoms with Crippen LogP contribution in [0.4, 0.5) is 0 Å². The number of H-pyrrole nitrogens is 1. The lowest BCUT2D eigenvalue weighted by atomic mass is 10.0. The summed E-state index contributed by atoms with van der Waals surface area (Å²) >= 11 is 0. The monoisotopic (exact) mass is 563 g/mol. The highest BCUT2D eigenvalue weighted by atomic mass is 31.2. The molecule has 4 rings (SSSR count). The van der Waals surface area contributed by atoms with Crippen molar-refractivity contribution in [3.63, 3.8) is 0 Å². The minimum absolute atomic E-state index is 0.0397. The number of aliphatic hydroxyl groups is 1. The molecule has 0 bridgehead atoms. The first-order chi connectivity index (χ1) is 19.6. The van der Waals surface area contributed by atoms with Crippen molar-refractivity contribution in [1.29, 1.82) is 6.69 Å². The predicted molar refractivity (Wildman–Crippen MR) is 150 cm³/mol. The molecular weight excluding hydrogens is 519 g/mol. The SMILES string of the molecule is [2H]OC[C@H]1O[C@@H](n2cc(C)c(=O)[nH]c2=O)CC1OP(OCC1CCc2cc(C#N)ccc21)N(C(C)C)C(C)C.[3H]C. The molecule has 3 unspecified atom stereocenters. The van der Waals surface area contributed by atoms with E-state index in [1.807, 2.05) is 18.2 Å². The first kappa shape index (κ1) is 28.2. The number of nitriles is 1. The molecule has 2 aliphatic rings. The zero-order valence-electron chi connectivity index (χ0n) is 25.5. The number of benzene rings is 1. The lowest BCUT2D eigenvalue weighted by Crippen LogP contribution is -2.36. The van der Waals surface area contributed by atoms with Crippen LogP contribution < -0.4 is 11.2 Å². The number of hydrogen-bond donors (Lipinski definition) is 2. The second-order valence-corrected chi connectivity index (χ2v) is 11.9. The highest BCUT2D eigenvalue weighted by Crippen LogP contribution is 2.51. The molecule has 214 valence electrons. The fourth-order valence-corrected chi connectivity index (χ4v) is 7.09. The minimum Gasteiger partial charge on any atom is -0.394 e. The quantitative estimate of drug-likeness (QED) is 0.391. The second-order valence-electron chi connectivity index (χ2n) is 10.5. The van der Waals surface area contributed by atoms with E-state index >= 15 is 0 Å². The smallest absolute Gasteiger partial charge is 0.330 e. The van der Waals surface area contributed by atoms with Crippen LogP contribution in [0.25, 0.3) is 0 Å². The third-order valence-corrected chi connectivity index (χ3v) is 9.26. The van der Waals surface area contributed by atoms with Gasteiger partial charge < -0.3 is 18.9 Å². The number of aromatic amines is 1. The molecule has 1 aliphatic carbocycles. The molecule has 2 aromatic rings. The van der Waals surface area contributed by atoms with Crippen molar-refractivity contribution in [3.05, 3.63) is 67.5 Å². The standard InChI is InChI=1S/C27H37N4O6P.CH4/c1-16(2)31(17(3)4)38(35-15-21-8-7-20-10-19(12-28)6-9-22(20)21)37-23-11-25(36-24(23)14-32)30-13-18(5)26(33)29-27(30)34;/h6,9-10,13,16-17,21,23-25,32H,7-8,11,14-15H2,1-5H3,(H,29,33,34);1H4/t21?,23?,24-,25-,38?;/m1./s1/i32D;1T. The highest BCUT2D eigenvalue weighted by Gasteiger charge is 2.41. The number of nitrogens with one attached hydrogen (secondary N) is 1. The van der Waals surface area contributed by atoms with Gasteiger partial charge in [-0.05, 0) is 70.7 Å². The number of aromatic nitrogens is 2. The highest BCUT2D eigenvalue weighted by molar-refractivity contribution is 7.44. The van der Waals surface area contributed by atoms with E-state index in [4.69, 9.17) is 16.6 Å². The summed E-state index contributed by atoms with van der Waals surface area (Å²) in [5.74, 6) is 0.199. The third-order valence-electron chi connectivity index (χ3n) is 7.13. The molecule has 0 amide bonds. The average Bonchev–Trinajstić information content (AvgIpc) is 3.53. The van der Waals surface area contributed by atoms with Crippen molar-refractivity contribution < 1.29 is 20.3 Å². The van der Waals surface area contributed by atoms with Crippen molar-refractivity contribution in [3.8, 4) is 6.07 Å². The molecule has 11 heteroatoms. The molecule has 2 heterocycles. The molecule has 0 spiro atoms. The Morgan fingerprint density at radius 3 is 2.79 bits per heavy atom. The Morgan fingerprint density at radius 2 is 2.13 bits per heavy atom. The van der Waals surface area contributed by atoms with E-state index in [1.165, 1.54) is 29.3 Å². The van der Waals surface area contributed by atoms with Gasteiger partial charge in [-0.1, -0.05) is 13.5 Å². The fraction of sp³-hybridized carbons (Fsp3) is 0.607. The normalized spacial score (nSPS) is 23.7. The summed E-state index contributed by atoms with van der Waals surface area (Å²) in [5.41, 5.74) is 2.46. The molecule has 2 N–H and O–H groups in total. The van der Waals surface area contributed by atoms with Crippen molar-refractivity contribution in [2.24, 2.45) is 0 Å². The summed E-state index contributed by atoms with van der Waals surface area (Å²) in [6.45, 7) is 10.4. The van der Waals surface area contributed by atoms with E-state index in [-0.39, 0.29) is 24.6 Å². The Labute approximate surface area is 234 Å². The molecule has 10 nitrogen and oxygen atoms in total. The zero-order valence-corrected chi connectivity index (χ0v) is 24.4. The molecule has 1 fully saturated rings. The van der Waals surface area contributed by atoms with Gasteiger partial charge in [-0.3, -0.25) is 14.3 Å². The van der Waals surface area contributed by atoms with Crippen molar-refractivity contribution in [1.82, 2.24) is 14.2 Å². The molecular formula is C28H41N4O6P. The Bertz CT molecular complexity index is 1310. The van der Waals surface area contributed by atoms with Gasteiger partial charge in [0.1, 0.15) is 12.3 Å². The third kappa shape index (κ3) is 6.86. The van der Waals surface area contributed by atoms with E-state index in [9.17, 15) is 14.9 Å². The van der Waals surface area contributed by atoms with Gasteiger partial charge >= 0.3 is 5.69 Å². The first-order valence-electron chi connectivity index (χ1n) is 14.5. The predicted octanol–water partition coefficient (Wildman–Crippen LogP) is 4.11. The maximum atomic E-state index is 12.5. The Morgan fingerprint density at radius 1 is 1.38 bits per heavy atom. The van der Waals surface area contributed by atoms with Crippen LogP contribution in [0.15, 0.2) is 34.0 Å². The number of fused-ring (bicyclic) bond motifs is 1. The molecule has 0 saturated carbocycles. The van der Waals surface area contributed by atoms with Crippen LogP contribution in [-0.2, 0) is 20.2 Å². The Kier molecular flexibility index (Phi) is 9.62. The molecule has 1 aromatic carbocycles. The zero-order chi connectivity index (χ0) is 30.3. The van der Waals surface area contributed by atoms with Gasteiger partial charge in [-0.2, -0.15) is 5.26 Å². The van der Waals surface area contributed by atoms with Gasteiger partial charge in [-0.25, -0.2) is 9.46 Å². The average molecular weight is 564 g/mol. The van der Waals surface area contributed by atoms with Gasteiger partial charge in [0.05, 0.1) is 31.0 Å². The van der Waals surface area contributed by atoms with E-state index < -0.39 is 38.2 Å². The van der Waals surface area contributed by atoms with Crippen LogP contribution in [0.3, 0.4) is 0 Å². The number of ether oxygens (including phenoxy) is 1. The number of aryl methyl sites for hydroxylation is 2. The Hall–Kier alpha value is -2.38. The fourth-order valence-electron chi connectivity index (χ4n) is 5.28. The van der Waals surface area contributed by atoms with Crippen molar-refractivity contribution in [2.45, 2.75) is 97.7 Å². The van der Waals surface area contributed by atoms with Gasteiger partial charge in [0.15, 0.2) is 0 Å². The Balaban J connectivity index is 0.00000226. The molecule has 1 saturated heterocycles. The summed E-state index contributed by atoms with van der Waals surface area (Å²) in [5, 5.41) is 13.9. The van der Waals surface area contributed by atoms with Gasteiger partial charge in [0, 0.05) is 37.6 Å². The maximum Gasteiger partial charge on any atom is 0.330 e. The van der Waals surface area contributed by atoms with E-state index in [0.717, 1.165) is 12.8 Å². The van der Waals surface area contributed by atoms with E-state index in [1.54, 1.807) is 6.92 Å². The van der Waals surface area contributed by atoms with Crippen molar-refractivity contribution >= 4 is 8.53 Å². The first-order valence-corrected chi connectivity index (χ1v) is 14.2. The van der Waals surface area contributed by atoms with Crippen LogP contribution in [0.5, 0.6) is 0 Å². The van der Waals surface area contributed by atoms with E-state index in [2.05, 4.69) is 48.5 Å². The summed E-state index contributed by atoms with van der Waals surface area (Å²) in [7, 11) is -0.284. The molecule has 1 aliphatic heterocycles. The van der Waals surface area contributed by atoms with Crippen LogP contribution in [0.1, 0.15) is 83.7 Å². The molecule has 5 atom stereocenters. The topological polar surface area (TPSA) is 130 Å². The number of hydrogen-bond acceptors (Lipinski definition) is 8. The summed E-state index contributed by atoms with van der Waals surface area (Å²) in [4.78, 5) is 26.7. The van der Waals surface area contributed by atoms with Crippen LogP contribution >= 0.6 is 8.53 Å². The van der Waals surface area contributed by atoms with Gasteiger partial charge in [0.25, 0.3) is 14.1 Å².